The quantitative estimate of drug-likeness (QED) is 0.545. The molecule has 1 fully saturated rings. The van der Waals surface area contributed by atoms with Gasteiger partial charge in [0.05, 0.1) is 10.8 Å². The normalized spacial score (nSPS) is 15.2. The third-order valence-corrected chi connectivity index (χ3v) is 5.70. The van der Waals surface area contributed by atoms with E-state index in [2.05, 4.69) is 0 Å². The Bertz CT molecular complexity index is 811. The SMILES string of the molecule is Cc1cc(F)c(OCc2cc(F)c(F)c(F)c2)cc1S(=O)CC1CC1. The molecule has 7 heteroatoms. The van der Waals surface area contributed by atoms with Gasteiger partial charge in [-0.05, 0) is 61.1 Å². The molecule has 0 spiro atoms. The maximum atomic E-state index is 14.1. The molecule has 2 nitrogen and oxygen atoms in total. The summed E-state index contributed by atoms with van der Waals surface area (Å²) in [4.78, 5) is 0.486. The fourth-order valence-corrected chi connectivity index (χ4v) is 4.03. The second-order valence-corrected chi connectivity index (χ2v) is 7.63. The van der Waals surface area contributed by atoms with Crippen LogP contribution in [0.5, 0.6) is 5.75 Å². The smallest absolute Gasteiger partial charge is 0.194 e. The molecular weight excluding hydrogens is 356 g/mol. The summed E-state index contributed by atoms with van der Waals surface area (Å²) in [5.74, 6) is -4.09. The van der Waals surface area contributed by atoms with Crippen molar-refractivity contribution in [2.45, 2.75) is 31.3 Å². The minimum atomic E-state index is -1.57. The third kappa shape index (κ3) is 4.21. The van der Waals surface area contributed by atoms with Crippen LogP contribution in [-0.2, 0) is 17.4 Å². The van der Waals surface area contributed by atoms with Gasteiger partial charge < -0.3 is 4.74 Å². The summed E-state index contributed by atoms with van der Waals surface area (Å²) < 4.78 is 71.1. The minimum absolute atomic E-state index is 0.0250. The van der Waals surface area contributed by atoms with Crippen molar-refractivity contribution < 1.29 is 26.5 Å². The summed E-state index contributed by atoms with van der Waals surface area (Å²) in [7, 11) is -1.26. The summed E-state index contributed by atoms with van der Waals surface area (Å²) in [6.07, 6.45) is 2.11. The Hall–Kier alpha value is -1.89. The zero-order valence-corrected chi connectivity index (χ0v) is 14.3. The lowest BCUT2D eigenvalue weighted by atomic mass is 10.2. The van der Waals surface area contributed by atoms with E-state index in [1.165, 1.54) is 12.1 Å². The first-order chi connectivity index (χ1) is 11.8. The molecule has 1 aliphatic carbocycles. The number of rotatable bonds is 6. The lowest BCUT2D eigenvalue weighted by Gasteiger charge is -2.12. The zero-order chi connectivity index (χ0) is 18.1. The minimum Gasteiger partial charge on any atom is -0.486 e. The Kier molecular flexibility index (Phi) is 5.13. The van der Waals surface area contributed by atoms with Gasteiger partial charge in [-0.25, -0.2) is 17.6 Å². The Labute approximate surface area is 145 Å². The van der Waals surface area contributed by atoms with Crippen LogP contribution < -0.4 is 4.74 Å². The molecule has 0 N–H and O–H groups in total. The molecule has 1 saturated carbocycles. The van der Waals surface area contributed by atoms with Gasteiger partial charge in [0.2, 0.25) is 0 Å². The molecule has 3 rings (SSSR count). The molecule has 0 aromatic heterocycles. The molecule has 1 aliphatic rings. The Morgan fingerprint density at radius 1 is 1.04 bits per heavy atom. The van der Waals surface area contributed by atoms with Gasteiger partial charge in [-0.3, -0.25) is 4.21 Å². The van der Waals surface area contributed by atoms with E-state index in [4.69, 9.17) is 4.74 Å². The van der Waals surface area contributed by atoms with Gasteiger partial charge in [-0.1, -0.05) is 0 Å². The lowest BCUT2D eigenvalue weighted by molar-refractivity contribution is 0.287. The molecule has 0 saturated heterocycles. The number of hydrogen-bond donors (Lipinski definition) is 0. The summed E-state index contributed by atoms with van der Waals surface area (Å²) in [5, 5.41) is 0. The molecule has 0 bridgehead atoms. The second-order valence-electron chi connectivity index (χ2n) is 6.17. The van der Waals surface area contributed by atoms with Crippen molar-refractivity contribution in [3.05, 3.63) is 58.7 Å². The van der Waals surface area contributed by atoms with Crippen molar-refractivity contribution in [3.63, 3.8) is 0 Å². The van der Waals surface area contributed by atoms with Gasteiger partial charge in [-0.15, -0.1) is 0 Å². The molecule has 2 aromatic carbocycles. The monoisotopic (exact) mass is 372 g/mol. The summed E-state index contributed by atoms with van der Waals surface area (Å²) >= 11 is 0. The van der Waals surface area contributed by atoms with E-state index in [1.807, 2.05) is 0 Å². The van der Waals surface area contributed by atoms with Crippen LogP contribution in [0.15, 0.2) is 29.2 Å². The van der Waals surface area contributed by atoms with Crippen LogP contribution in [0.2, 0.25) is 0 Å². The topological polar surface area (TPSA) is 26.3 Å². The van der Waals surface area contributed by atoms with Gasteiger partial charge in [0.15, 0.2) is 29.0 Å². The third-order valence-electron chi connectivity index (χ3n) is 4.00. The molecule has 25 heavy (non-hydrogen) atoms. The second kappa shape index (κ2) is 7.15. The lowest BCUT2D eigenvalue weighted by Crippen LogP contribution is -2.05. The highest BCUT2D eigenvalue weighted by atomic mass is 32.2. The Morgan fingerprint density at radius 3 is 2.28 bits per heavy atom. The number of aryl methyl sites for hydroxylation is 1. The zero-order valence-electron chi connectivity index (χ0n) is 13.5. The van der Waals surface area contributed by atoms with Gasteiger partial charge in [0, 0.05) is 10.6 Å². The first-order valence-corrected chi connectivity index (χ1v) is 9.11. The van der Waals surface area contributed by atoms with Crippen LogP contribution in [0.3, 0.4) is 0 Å². The van der Waals surface area contributed by atoms with Crippen LogP contribution in [0.25, 0.3) is 0 Å². The van der Waals surface area contributed by atoms with E-state index in [1.54, 1.807) is 6.92 Å². The van der Waals surface area contributed by atoms with Crippen molar-refractivity contribution in [1.29, 1.82) is 0 Å². The first-order valence-electron chi connectivity index (χ1n) is 7.80. The number of ether oxygens (including phenoxy) is 1. The molecule has 0 amide bonds. The molecule has 0 heterocycles. The van der Waals surface area contributed by atoms with Crippen molar-refractivity contribution >= 4 is 10.8 Å². The largest absolute Gasteiger partial charge is 0.486 e. The fourth-order valence-electron chi connectivity index (χ4n) is 2.43. The van der Waals surface area contributed by atoms with Crippen molar-refractivity contribution in [3.8, 4) is 5.75 Å². The summed E-state index contributed by atoms with van der Waals surface area (Å²) in [6, 6.07) is 4.16. The van der Waals surface area contributed by atoms with Gasteiger partial charge in [0.25, 0.3) is 0 Å². The van der Waals surface area contributed by atoms with Gasteiger partial charge in [-0.2, -0.15) is 0 Å². The number of benzene rings is 2. The number of hydrogen-bond acceptors (Lipinski definition) is 2. The molecule has 0 radical (unpaired) electrons. The van der Waals surface area contributed by atoms with Gasteiger partial charge >= 0.3 is 0 Å². The van der Waals surface area contributed by atoms with Gasteiger partial charge in [0.1, 0.15) is 6.61 Å². The van der Waals surface area contributed by atoms with Crippen LogP contribution in [-0.4, -0.2) is 9.96 Å². The average molecular weight is 372 g/mol. The maximum Gasteiger partial charge on any atom is 0.194 e. The van der Waals surface area contributed by atoms with E-state index < -0.39 is 34.1 Å². The highest BCUT2D eigenvalue weighted by Gasteiger charge is 2.25. The highest BCUT2D eigenvalue weighted by molar-refractivity contribution is 7.85. The van der Waals surface area contributed by atoms with E-state index in [0.29, 0.717) is 22.1 Å². The van der Waals surface area contributed by atoms with E-state index in [-0.39, 0.29) is 17.9 Å². The van der Waals surface area contributed by atoms with Crippen LogP contribution >= 0.6 is 0 Å². The van der Waals surface area contributed by atoms with Crippen molar-refractivity contribution in [2.75, 3.05) is 5.75 Å². The van der Waals surface area contributed by atoms with Crippen molar-refractivity contribution in [2.24, 2.45) is 5.92 Å². The van der Waals surface area contributed by atoms with Crippen LogP contribution in [0.4, 0.5) is 17.6 Å². The van der Waals surface area contributed by atoms with E-state index in [0.717, 1.165) is 25.0 Å². The van der Waals surface area contributed by atoms with Crippen LogP contribution in [0, 0.1) is 36.1 Å². The molecule has 2 aromatic rings. The summed E-state index contributed by atoms with van der Waals surface area (Å²) in [6.45, 7) is 1.32. The molecule has 1 unspecified atom stereocenters. The highest BCUT2D eigenvalue weighted by Crippen LogP contribution is 2.33. The summed E-state index contributed by atoms with van der Waals surface area (Å²) in [5.41, 5.74) is 0.583. The maximum absolute atomic E-state index is 14.1. The molecule has 1 atom stereocenters. The Balaban J connectivity index is 1.78. The Morgan fingerprint density at radius 2 is 1.68 bits per heavy atom. The predicted molar refractivity (Wildman–Crippen MR) is 85.8 cm³/mol. The van der Waals surface area contributed by atoms with E-state index >= 15 is 0 Å². The van der Waals surface area contributed by atoms with Crippen LogP contribution in [0.1, 0.15) is 24.0 Å². The fraction of sp³-hybridized carbons (Fsp3) is 0.333. The molecule has 134 valence electrons. The standard InChI is InChI=1S/C18H16F4O2S/c1-10-4-13(19)16(7-17(10)25(23)9-11-2-3-11)24-8-12-5-14(20)18(22)15(21)6-12/h4-7,11H,2-3,8-9H2,1H3. The molecule has 0 aliphatic heterocycles. The predicted octanol–water partition coefficient (Wildman–Crippen LogP) is 4.65. The van der Waals surface area contributed by atoms with Crippen molar-refractivity contribution in [1.82, 2.24) is 0 Å². The average Bonchev–Trinajstić information content (AvgIpc) is 3.35. The number of halogens is 4. The van der Waals surface area contributed by atoms with E-state index in [9.17, 15) is 21.8 Å². The first kappa shape index (κ1) is 17.9. The molecular formula is C18H16F4O2S.